The standard InChI is InChI=1S/C18H23NO2/c1-2-3-10-18(13-19)11-8-15(9-12-18)14-4-6-16(7-5-14)17(20)21/h4-7,15H,2-3,8-12H2,1H3,(H,20,21). The van der Waals surface area contributed by atoms with Gasteiger partial charge in [0.25, 0.3) is 0 Å². The number of nitriles is 1. The van der Waals surface area contributed by atoms with Crippen LogP contribution in [0.2, 0.25) is 0 Å². The maximum absolute atomic E-state index is 10.9. The largest absolute Gasteiger partial charge is 0.478 e. The summed E-state index contributed by atoms with van der Waals surface area (Å²) in [7, 11) is 0. The lowest BCUT2D eigenvalue weighted by atomic mass is 9.67. The second-order valence-electron chi connectivity index (χ2n) is 6.20. The highest BCUT2D eigenvalue weighted by Crippen LogP contribution is 2.45. The summed E-state index contributed by atoms with van der Waals surface area (Å²) in [6.45, 7) is 2.17. The highest BCUT2D eigenvalue weighted by molar-refractivity contribution is 5.87. The Labute approximate surface area is 126 Å². The monoisotopic (exact) mass is 285 g/mol. The van der Waals surface area contributed by atoms with Crippen LogP contribution >= 0.6 is 0 Å². The fraction of sp³-hybridized carbons (Fsp3) is 0.556. The molecular formula is C18H23NO2. The van der Waals surface area contributed by atoms with Crippen molar-refractivity contribution in [2.45, 2.75) is 57.8 Å². The number of nitrogens with zero attached hydrogens (tertiary/aromatic N) is 1. The highest BCUT2D eigenvalue weighted by atomic mass is 16.4. The molecule has 1 aliphatic rings. The van der Waals surface area contributed by atoms with Crippen molar-refractivity contribution in [2.24, 2.45) is 5.41 Å². The molecule has 1 N–H and O–H groups in total. The molecule has 0 heterocycles. The van der Waals surface area contributed by atoms with Gasteiger partial charge in [0.15, 0.2) is 0 Å². The molecule has 0 unspecified atom stereocenters. The van der Waals surface area contributed by atoms with Crippen LogP contribution in [0.5, 0.6) is 0 Å². The Balaban J connectivity index is 2.00. The van der Waals surface area contributed by atoms with Crippen molar-refractivity contribution in [1.82, 2.24) is 0 Å². The number of hydrogen-bond donors (Lipinski definition) is 1. The Morgan fingerprint density at radius 3 is 2.43 bits per heavy atom. The minimum absolute atomic E-state index is 0.118. The third-order valence-corrected chi connectivity index (χ3v) is 4.82. The van der Waals surface area contributed by atoms with E-state index in [9.17, 15) is 10.1 Å². The molecule has 0 bridgehead atoms. The van der Waals surface area contributed by atoms with Crippen molar-refractivity contribution in [1.29, 1.82) is 5.26 Å². The predicted octanol–water partition coefficient (Wildman–Crippen LogP) is 4.74. The molecule has 1 fully saturated rings. The number of carboxylic acid groups (broad SMARTS) is 1. The van der Waals surface area contributed by atoms with Crippen molar-refractivity contribution in [3.63, 3.8) is 0 Å². The summed E-state index contributed by atoms with van der Waals surface area (Å²) in [6.07, 6.45) is 7.29. The smallest absolute Gasteiger partial charge is 0.335 e. The van der Waals surface area contributed by atoms with Gasteiger partial charge < -0.3 is 5.11 Å². The van der Waals surface area contributed by atoms with Crippen molar-refractivity contribution in [3.8, 4) is 6.07 Å². The first-order chi connectivity index (χ1) is 10.1. The number of aromatic carboxylic acids is 1. The Morgan fingerprint density at radius 1 is 1.33 bits per heavy atom. The fourth-order valence-corrected chi connectivity index (χ4v) is 3.33. The molecule has 2 rings (SSSR count). The first-order valence-corrected chi connectivity index (χ1v) is 7.85. The van der Waals surface area contributed by atoms with Crippen molar-refractivity contribution < 1.29 is 9.90 Å². The van der Waals surface area contributed by atoms with E-state index in [0.717, 1.165) is 44.9 Å². The van der Waals surface area contributed by atoms with Gasteiger partial charge in [-0.3, -0.25) is 0 Å². The molecule has 0 amide bonds. The molecule has 3 heteroatoms. The number of carbonyl (C=O) groups is 1. The lowest BCUT2D eigenvalue weighted by Gasteiger charge is -2.35. The molecule has 1 aromatic carbocycles. The lowest BCUT2D eigenvalue weighted by molar-refractivity contribution is 0.0697. The van der Waals surface area contributed by atoms with Gasteiger partial charge in [-0.15, -0.1) is 0 Å². The van der Waals surface area contributed by atoms with Gasteiger partial charge in [0, 0.05) is 0 Å². The van der Waals surface area contributed by atoms with Gasteiger partial charge in [-0.05, 0) is 55.7 Å². The van der Waals surface area contributed by atoms with E-state index in [2.05, 4.69) is 13.0 Å². The first kappa shape index (κ1) is 15.6. The van der Waals surface area contributed by atoms with E-state index in [1.54, 1.807) is 12.1 Å². The summed E-state index contributed by atoms with van der Waals surface area (Å²) >= 11 is 0. The van der Waals surface area contributed by atoms with Gasteiger partial charge in [-0.1, -0.05) is 31.9 Å². The van der Waals surface area contributed by atoms with Gasteiger partial charge >= 0.3 is 5.97 Å². The molecule has 1 aromatic rings. The van der Waals surface area contributed by atoms with E-state index < -0.39 is 5.97 Å². The molecule has 0 aromatic heterocycles. The quantitative estimate of drug-likeness (QED) is 0.849. The Morgan fingerprint density at radius 2 is 1.95 bits per heavy atom. The maximum Gasteiger partial charge on any atom is 0.335 e. The summed E-state index contributed by atoms with van der Waals surface area (Å²) in [5.41, 5.74) is 1.43. The molecule has 112 valence electrons. The molecular weight excluding hydrogens is 262 g/mol. The molecule has 21 heavy (non-hydrogen) atoms. The third kappa shape index (κ3) is 3.64. The molecule has 0 atom stereocenters. The highest BCUT2D eigenvalue weighted by Gasteiger charge is 2.35. The van der Waals surface area contributed by atoms with Crippen LogP contribution in [0, 0.1) is 16.7 Å². The lowest BCUT2D eigenvalue weighted by Crippen LogP contribution is -2.25. The van der Waals surface area contributed by atoms with Crippen LogP contribution in [0.3, 0.4) is 0 Å². The van der Waals surface area contributed by atoms with E-state index in [4.69, 9.17) is 5.11 Å². The van der Waals surface area contributed by atoms with E-state index in [0.29, 0.717) is 11.5 Å². The minimum atomic E-state index is -0.881. The second kappa shape index (κ2) is 6.76. The van der Waals surface area contributed by atoms with E-state index >= 15 is 0 Å². The number of carboxylic acids is 1. The summed E-state index contributed by atoms with van der Waals surface area (Å²) < 4.78 is 0. The Bertz CT molecular complexity index is 519. The van der Waals surface area contributed by atoms with Crippen molar-refractivity contribution in [3.05, 3.63) is 35.4 Å². The summed E-state index contributed by atoms with van der Waals surface area (Å²) in [5, 5.41) is 18.4. The second-order valence-corrected chi connectivity index (χ2v) is 6.20. The molecule has 1 aliphatic carbocycles. The van der Waals surface area contributed by atoms with Crippen molar-refractivity contribution >= 4 is 5.97 Å². The molecule has 0 aliphatic heterocycles. The minimum Gasteiger partial charge on any atom is -0.478 e. The summed E-state index contributed by atoms with van der Waals surface area (Å²) in [6, 6.07) is 9.79. The fourth-order valence-electron chi connectivity index (χ4n) is 3.33. The average molecular weight is 285 g/mol. The van der Waals surface area contributed by atoms with Gasteiger partial charge in [0.1, 0.15) is 0 Å². The molecule has 3 nitrogen and oxygen atoms in total. The summed E-state index contributed by atoms with van der Waals surface area (Å²) in [4.78, 5) is 10.9. The molecule has 0 radical (unpaired) electrons. The maximum atomic E-state index is 10.9. The van der Waals surface area contributed by atoms with Crippen LogP contribution in [0.1, 0.15) is 73.7 Å². The topological polar surface area (TPSA) is 61.1 Å². The molecule has 0 spiro atoms. The first-order valence-electron chi connectivity index (χ1n) is 7.85. The van der Waals surface area contributed by atoms with Gasteiger partial charge in [-0.25, -0.2) is 4.79 Å². The predicted molar refractivity (Wildman–Crippen MR) is 82.2 cm³/mol. The number of unbranched alkanes of at least 4 members (excludes halogenated alkanes) is 1. The van der Waals surface area contributed by atoms with Crippen LogP contribution in [-0.2, 0) is 0 Å². The zero-order chi connectivity index (χ0) is 15.3. The van der Waals surface area contributed by atoms with Gasteiger partial charge in [0.05, 0.1) is 17.0 Å². The third-order valence-electron chi connectivity index (χ3n) is 4.82. The SMILES string of the molecule is CCCCC1(C#N)CCC(c2ccc(C(=O)O)cc2)CC1. The normalized spacial score (nSPS) is 25.2. The van der Waals surface area contributed by atoms with E-state index in [1.165, 1.54) is 5.56 Å². The Hall–Kier alpha value is -1.82. The van der Waals surface area contributed by atoms with E-state index in [1.807, 2.05) is 12.1 Å². The number of benzene rings is 1. The Kier molecular flexibility index (Phi) is 5.01. The van der Waals surface area contributed by atoms with Crippen LogP contribution in [0.15, 0.2) is 24.3 Å². The van der Waals surface area contributed by atoms with Crippen LogP contribution in [-0.4, -0.2) is 11.1 Å². The zero-order valence-corrected chi connectivity index (χ0v) is 12.6. The average Bonchev–Trinajstić information content (AvgIpc) is 2.53. The molecule has 1 saturated carbocycles. The van der Waals surface area contributed by atoms with Crippen LogP contribution in [0.25, 0.3) is 0 Å². The number of rotatable bonds is 5. The van der Waals surface area contributed by atoms with Crippen LogP contribution in [0.4, 0.5) is 0 Å². The molecule has 0 saturated heterocycles. The zero-order valence-electron chi connectivity index (χ0n) is 12.6. The van der Waals surface area contributed by atoms with E-state index in [-0.39, 0.29) is 5.41 Å². The van der Waals surface area contributed by atoms with Crippen LogP contribution < -0.4 is 0 Å². The van der Waals surface area contributed by atoms with Gasteiger partial charge in [0.2, 0.25) is 0 Å². The number of hydrogen-bond acceptors (Lipinski definition) is 2. The van der Waals surface area contributed by atoms with Gasteiger partial charge in [-0.2, -0.15) is 5.26 Å². The summed E-state index contributed by atoms with van der Waals surface area (Å²) in [5.74, 6) is -0.413. The van der Waals surface area contributed by atoms with Crippen molar-refractivity contribution in [2.75, 3.05) is 0 Å².